The monoisotopic (exact) mass is 362 g/mol. The number of primary amides is 1. The van der Waals surface area contributed by atoms with Gasteiger partial charge in [0.2, 0.25) is 5.91 Å². The molecule has 1 aromatic heterocycles. The lowest BCUT2D eigenvalue weighted by atomic mass is 10.1. The van der Waals surface area contributed by atoms with Gasteiger partial charge in [-0.05, 0) is 37.6 Å². The van der Waals surface area contributed by atoms with E-state index in [4.69, 9.17) is 5.73 Å². The molecule has 0 aliphatic rings. The van der Waals surface area contributed by atoms with Gasteiger partial charge >= 0.3 is 0 Å². The van der Waals surface area contributed by atoms with Gasteiger partial charge in [-0.2, -0.15) is 0 Å². The molecule has 27 heavy (non-hydrogen) atoms. The van der Waals surface area contributed by atoms with Crippen molar-refractivity contribution in [1.82, 2.24) is 15.4 Å². The molecule has 1 atom stereocenters. The van der Waals surface area contributed by atoms with Crippen LogP contribution in [-0.4, -0.2) is 16.4 Å². The standard InChI is InChI=1S/C21H22N4O2/c1-14-13-18(15(2)25(14)17-11-7-4-8-12-17)21(27)24-23-19(20(22)26)16-9-5-3-6-10-16/h3-13,19,23H,1-2H3,(H2,22,26)(H,24,27)/t19-/m0/s1. The van der Waals surface area contributed by atoms with E-state index < -0.39 is 11.9 Å². The second-order valence-electron chi connectivity index (χ2n) is 6.30. The molecule has 0 aliphatic carbocycles. The number of hydrogen-bond donors (Lipinski definition) is 3. The number of nitrogens with one attached hydrogen (secondary N) is 2. The molecule has 0 unspecified atom stereocenters. The average Bonchev–Trinajstić information content (AvgIpc) is 2.97. The van der Waals surface area contributed by atoms with Gasteiger partial charge in [-0.15, -0.1) is 0 Å². The SMILES string of the molecule is Cc1cc(C(=O)NN[C@H](C(N)=O)c2ccccc2)c(C)n1-c1ccccc1. The van der Waals surface area contributed by atoms with Crippen LogP contribution in [0.1, 0.15) is 33.4 Å². The van der Waals surface area contributed by atoms with E-state index in [2.05, 4.69) is 10.9 Å². The number of carbonyl (C=O) groups is 2. The Labute approximate surface area is 158 Å². The summed E-state index contributed by atoms with van der Waals surface area (Å²) in [6.07, 6.45) is 0. The van der Waals surface area contributed by atoms with Gasteiger partial charge in [0, 0.05) is 17.1 Å². The quantitative estimate of drug-likeness (QED) is 0.589. The molecule has 6 heteroatoms. The first-order valence-electron chi connectivity index (χ1n) is 8.63. The van der Waals surface area contributed by atoms with Crippen molar-refractivity contribution >= 4 is 11.8 Å². The van der Waals surface area contributed by atoms with E-state index in [0.29, 0.717) is 11.1 Å². The number of amides is 2. The summed E-state index contributed by atoms with van der Waals surface area (Å²) >= 11 is 0. The largest absolute Gasteiger partial charge is 0.368 e. The lowest BCUT2D eigenvalue weighted by Gasteiger charge is -2.16. The summed E-state index contributed by atoms with van der Waals surface area (Å²) in [5.41, 5.74) is 14.8. The van der Waals surface area contributed by atoms with Crippen LogP contribution in [0.5, 0.6) is 0 Å². The molecule has 3 aromatic rings. The maximum absolute atomic E-state index is 12.7. The van der Waals surface area contributed by atoms with Gasteiger partial charge in [0.25, 0.3) is 5.91 Å². The first-order chi connectivity index (χ1) is 13.0. The summed E-state index contributed by atoms with van der Waals surface area (Å²) in [4.78, 5) is 24.4. The number of rotatable bonds is 6. The number of benzene rings is 2. The van der Waals surface area contributed by atoms with Crippen LogP contribution in [0.15, 0.2) is 66.7 Å². The molecule has 4 N–H and O–H groups in total. The normalized spacial score (nSPS) is 11.8. The van der Waals surface area contributed by atoms with Crippen molar-refractivity contribution in [3.05, 3.63) is 89.2 Å². The van der Waals surface area contributed by atoms with Crippen molar-refractivity contribution in [2.75, 3.05) is 0 Å². The van der Waals surface area contributed by atoms with Gasteiger partial charge in [-0.1, -0.05) is 48.5 Å². The Morgan fingerprint density at radius 1 is 0.963 bits per heavy atom. The average molecular weight is 362 g/mol. The van der Waals surface area contributed by atoms with Crippen LogP contribution in [0, 0.1) is 13.8 Å². The van der Waals surface area contributed by atoms with Gasteiger partial charge in [-0.3, -0.25) is 15.0 Å². The van der Waals surface area contributed by atoms with E-state index in [1.54, 1.807) is 12.1 Å². The highest BCUT2D eigenvalue weighted by atomic mass is 16.2. The fourth-order valence-corrected chi connectivity index (χ4v) is 3.14. The molecular weight excluding hydrogens is 340 g/mol. The van der Waals surface area contributed by atoms with Crippen LogP contribution in [0.2, 0.25) is 0 Å². The van der Waals surface area contributed by atoms with Crippen LogP contribution >= 0.6 is 0 Å². The highest BCUT2D eigenvalue weighted by Gasteiger charge is 2.21. The van der Waals surface area contributed by atoms with Gasteiger partial charge < -0.3 is 10.3 Å². The summed E-state index contributed by atoms with van der Waals surface area (Å²) in [6, 6.07) is 19.8. The molecule has 0 saturated heterocycles. The van der Waals surface area contributed by atoms with E-state index in [1.807, 2.05) is 73.0 Å². The third-order valence-electron chi connectivity index (χ3n) is 4.44. The second-order valence-corrected chi connectivity index (χ2v) is 6.30. The van der Waals surface area contributed by atoms with Crippen LogP contribution in [0.4, 0.5) is 0 Å². The molecule has 0 bridgehead atoms. The number of nitrogens with zero attached hydrogens (tertiary/aromatic N) is 1. The molecule has 0 spiro atoms. The summed E-state index contributed by atoms with van der Waals surface area (Å²) in [5, 5.41) is 0. The molecule has 3 rings (SSSR count). The number of hydrogen-bond acceptors (Lipinski definition) is 3. The zero-order chi connectivity index (χ0) is 19.4. The van der Waals surface area contributed by atoms with Crippen molar-refractivity contribution in [3.63, 3.8) is 0 Å². The van der Waals surface area contributed by atoms with Gasteiger partial charge in [0.15, 0.2) is 0 Å². The van der Waals surface area contributed by atoms with Crippen LogP contribution in [-0.2, 0) is 4.79 Å². The van der Waals surface area contributed by atoms with E-state index in [-0.39, 0.29) is 5.91 Å². The fraction of sp³-hybridized carbons (Fsp3) is 0.143. The predicted molar refractivity (Wildman–Crippen MR) is 104 cm³/mol. The minimum absolute atomic E-state index is 0.326. The maximum atomic E-state index is 12.7. The number of aryl methyl sites for hydroxylation is 1. The van der Waals surface area contributed by atoms with Crippen molar-refractivity contribution in [1.29, 1.82) is 0 Å². The smallest absolute Gasteiger partial charge is 0.267 e. The maximum Gasteiger partial charge on any atom is 0.267 e. The Balaban J connectivity index is 1.80. The van der Waals surface area contributed by atoms with Crippen molar-refractivity contribution in [2.24, 2.45) is 5.73 Å². The summed E-state index contributed by atoms with van der Waals surface area (Å²) in [5.74, 6) is -0.899. The molecule has 1 heterocycles. The van der Waals surface area contributed by atoms with E-state index in [1.165, 1.54) is 0 Å². The zero-order valence-electron chi connectivity index (χ0n) is 15.3. The molecule has 2 amide bonds. The van der Waals surface area contributed by atoms with Crippen molar-refractivity contribution in [2.45, 2.75) is 19.9 Å². The molecule has 0 aliphatic heterocycles. The first kappa shape index (κ1) is 18.4. The molecule has 0 saturated carbocycles. The van der Waals surface area contributed by atoms with Crippen molar-refractivity contribution < 1.29 is 9.59 Å². The van der Waals surface area contributed by atoms with Crippen LogP contribution < -0.4 is 16.6 Å². The Hall–Kier alpha value is -3.38. The third kappa shape index (κ3) is 3.91. The van der Waals surface area contributed by atoms with E-state index >= 15 is 0 Å². The number of carbonyl (C=O) groups excluding carboxylic acids is 2. The Kier molecular flexibility index (Phi) is 5.38. The minimum Gasteiger partial charge on any atom is -0.368 e. The second kappa shape index (κ2) is 7.88. The van der Waals surface area contributed by atoms with Gasteiger partial charge in [0.1, 0.15) is 6.04 Å². The molecule has 0 radical (unpaired) electrons. The van der Waals surface area contributed by atoms with Crippen LogP contribution in [0.25, 0.3) is 5.69 Å². The lowest BCUT2D eigenvalue weighted by molar-refractivity contribution is -0.120. The highest BCUT2D eigenvalue weighted by molar-refractivity contribution is 5.96. The highest BCUT2D eigenvalue weighted by Crippen LogP contribution is 2.20. The van der Waals surface area contributed by atoms with Crippen molar-refractivity contribution in [3.8, 4) is 5.69 Å². The summed E-state index contributed by atoms with van der Waals surface area (Å²) < 4.78 is 2.01. The zero-order valence-corrected chi connectivity index (χ0v) is 15.3. The Morgan fingerprint density at radius 3 is 2.15 bits per heavy atom. The molecule has 2 aromatic carbocycles. The first-order valence-corrected chi connectivity index (χ1v) is 8.63. The number of hydrazine groups is 1. The molecule has 0 fully saturated rings. The summed E-state index contributed by atoms with van der Waals surface area (Å²) in [6.45, 7) is 3.83. The summed E-state index contributed by atoms with van der Waals surface area (Å²) in [7, 11) is 0. The molecule has 138 valence electrons. The lowest BCUT2D eigenvalue weighted by Crippen LogP contribution is -2.45. The van der Waals surface area contributed by atoms with Gasteiger partial charge in [-0.25, -0.2) is 5.43 Å². The number of nitrogens with two attached hydrogens (primary N) is 1. The van der Waals surface area contributed by atoms with E-state index in [0.717, 1.165) is 17.1 Å². The van der Waals surface area contributed by atoms with E-state index in [9.17, 15) is 9.59 Å². The minimum atomic E-state index is -0.812. The Morgan fingerprint density at radius 2 is 1.56 bits per heavy atom. The predicted octanol–water partition coefficient (Wildman–Crippen LogP) is 2.56. The molecular formula is C21H22N4O2. The van der Waals surface area contributed by atoms with Gasteiger partial charge in [0.05, 0.1) is 5.56 Å². The topological polar surface area (TPSA) is 89.2 Å². The van der Waals surface area contributed by atoms with Crippen LogP contribution in [0.3, 0.4) is 0 Å². The number of para-hydroxylation sites is 1. The third-order valence-corrected chi connectivity index (χ3v) is 4.44. The Bertz CT molecular complexity index is 949. The number of aromatic nitrogens is 1. The molecule has 6 nitrogen and oxygen atoms in total. The fourth-order valence-electron chi connectivity index (χ4n) is 3.14.